The molecule has 0 bridgehead atoms. The van der Waals surface area contributed by atoms with Crippen molar-refractivity contribution in [1.29, 1.82) is 0 Å². The third-order valence-corrected chi connectivity index (χ3v) is 2.65. The van der Waals surface area contributed by atoms with Gasteiger partial charge in [-0.05, 0) is 19.5 Å². The summed E-state index contributed by atoms with van der Waals surface area (Å²) in [6.45, 7) is 3.47. The zero-order chi connectivity index (χ0) is 11.3. The maximum absolute atomic E-state index is 5.94. The van der Waals surface area contributed by atoms with E-state index in [2.05, 4.69) is 12.2 Å². The van der Waals surface area contributed by atoms with E-state index in [0.29, 0.717) is 16.7 Å². The number of hydrogen-bond acceptors (Lipinski definition) is 2. The first kappa shape index (κ1) is 12.6. The number of rotatable bonds is 5. The van der Waals surface area contributed by atoms with Gasteiger partial charge < -0.3 is 10.1 Å². The summed E-state index contributed by atoms with van der Waals surface area (Å²) >= 11 is 11.9. The second-order valence-corrected chi connectivity index (χ2v) is 4.07. The van der Waals surface area contributed by atoms with Crippen molar-refractivity contribution in [2.45, 2.75) is 19.9 Å². The lowest BCUT2D eigenvalue weighted by atomic mass is 10.2. The van der Waals surface area contributed by atoms with Crippen molar-refractivity contribution in [3.63, 3.8) is 0 Å². The first-order chi connectivity index (χ1) is 7.19. The van der Waals surface area contributed by atoms with Crippen molar-refractivity contribution < 1.29 is 4.74 Å². The van der Waals surface area contributed by atoms with E-state index in [1.807, 2.05) is 13.1 Å². The first-order valence-electron chi connectivity index (χ1n) is 4.94. The van der Waals surface area contributed by atoms with Crippen LogP contribution in [0.1, 0.15) is 18.9 Å². The second-order valence-electron chi connectivity index (χ2n) is 3.25. The molecular formula is C11H15Cl2NO. The van der Waals surface area contributed by atoms with Gasteiger partial charge >= 0.3 is 0 Å². The van der Waals surface area contributed by atoms with E-state index >= 15 is 0 Å². The van der Waals surface area contributed by atoms with Crippen molar-refractivity contribution in [3.8, 4) is 5.75 Å². The third-order valence-electron chi connectivity index (χ3n) is 1.93. The Labute approximate surface area is 101 Å². The normalized spacial score (nSPS) is 10.4. The van der Waals surface area contributed by atoms with E-state index in [1.54, 1.807) is 6.07 Å². The van der Waals surface area contributed by atoms with Crippen molar-refractivity contribution in [1.82, 2.24) is 5.32 Å². The largest absolute Gasteiger partial charge is 0.493 e. The highest BCUT2D eigenvalue weighted by Gasteiger charge is 2.07. The van der Waals surface area contributed by atoms with Crippen molar-refractivity contribution in [2.75, 3.05) is 13.7 Å². The summed E-state index contributed by atoms with van der Waals surface area (Å²) in [6.07, 6.45) is 0.971. The van der Waals surface area contributed by atoms with Gasteiger partial charge in [0.2, 0.25) is 0 Å². The topological polar surface area (TPSA) is 21.3 Å². The maximum atomic E-state index is 5.94. The average Bonchev–Trinajstić information content (AvgIpc) is 2.21. The highest BCUT2D eigenvalue weighted by molar-refractivity contribution is 6.42. The van der Waals surface area contributed by atoms with Gasteiger partial charge in [0.15, 0.2) is 0 Å². The van der Waals surface area contributed by atoms with Gasteiger partial charge in [-0.2, -0.15) is 0 Å². The Bertz CT molecular complexity index is 329. The number of nitrogens with one attached hydrogen (secondary N) is 1. The predicted molar refractivity (Wildman–Crippen MR) is 65.0 cm³/mol. The fraction of sp³-hybridized carbons (Fsp3) is 0.455. The number of hydrogen-bond donors (Lipinski definition) is 1. The molecule has 2 nitrogen and oxygen atoms in total. The van der Waals surface area contributed by atoms with Crippen molar-refractivity contribution >= 4 is 23.2 Å². The van der Waals surface area contributed by atoms with Crippen LogP contribution in [0, 0.1) is 0 Å². The molecule has 0 amide bonds. The molecule has 0 saturated heterocycles. The fourth-order valence-corrected chi connectivity index (χ4v) is 1.58. The molecule has 0 aliphatic rings. The minimum absolute atomic E-state index is 0.530. The van der Waals surface area contributed by atoms with Crippen LogP contribution < -0.4 is 10.1 Å². The minimum Gasteiger partial charge on any atom is -0.493 e. The van der Waals surface area contributed by atoms with Gasteiger partial charge in [-0.25, -0.2) is 0 Å². The average molecular weight is 248 g/mol. The van der Waals surface area contributed by atoms with E-state index in [1.165, 1.54) is 0 Å². The predicted octanol–water partition coefficient (Wildman–Crippen LogP) is 3.50. The Morgan fingerprint density at radius 3 is 2.53 bits per heavy atom. The highest BCUT2D eigenvalue weighted by Crippen LogP contribution is 2.30. The van der Waals surface area contributed by atoms with Crippen LogP contribution in [0.3, 0.4) is 0 Å². The Kier molecular flexibility index (Phi) is 5.23. The summed E-state index contributed by atoms with van der Waals surface area (Å²) in [5.41, 5.74) is 1.03. The quantitative estimate of drug-likeness (QED) is 0.861. The van der Waals surface area contributed by atoms with Crippen molar-refractivity contribution in [2.24, 2.45) is 0 Å². The van der Waals surface area contributed by atoms with Gasteiger partial charge in [-0.1, -0.05) is 30.1 Å². The highest BCUT2D eigenvalue weighted by atomic mass is 35.5. The SMILES string of the molecule is CCCOc1cc(Cl)c(Cl)cc1CNC. The smallest absolute Gasteiger partial charge is 0.125 e. The monoisotopic (exact) mass is 247 g/mol. The van der Waals surface area contributed by atoms with Crippen LogP contribution in [0.2, 0.25) is 10.0 Å². The summed E-state index contributed by atoms with van der Waals surface area (Å²) in [7, 11) is 1.88. The molecule has 0 heterocycles. The summed E-state index contributed by atoms with van der Waals surface area (Å²) in [5.74, 6) is 0.806. The van der Waals surface area contributed by atoms with E-state index < -0.39 is 0 Å². The molecule has 0 saturated carbocycles. The third kappa shape index (κ3) is 3.56. The molecular weight excluding hydrogens is 233 g/mol. The van der Waals surface area contributed by atoms with Crippen molar-refractivity contribution in [3.05, 3.63) is 27.7 Å². The number of halogens is 2. The molecule has 0 atom stereocenters. The molecule has 84 valence electrons. The summed E-state index contributed by atoms with van der Waals surface area (Å²) in [6, 6.07) is 3.61. The zero-order valence-electron chi connectivity index (χ0n) is 8.94. The molecule has 0 aromatic heterocycles. The molecule has 15 heavy (non-hydrogen) atoms. The molecule has 0 aliphatic carbocycles. The molecule has 1 rings (SSSR count). The van der Waals surface area contributed by atoms with Gasteiger partial charge in [0.05, 0.1) is 16.7 Å². The molecule has 0 fully saturated rings. The van der Waals surface area contributed by atoms with Crippen LogP contribution in [0.25, 0.3) is 0 Å². The Hall–Kier alpha value is -0.440. The zero-order valence-corrected chi connectivity index (χ0v) is 10.5. The molecule has 1 N–H and O–H groups in total. The van der Waals surface area contributed by atoms with E-state index in [4.69, 9.17) is 27.9 Å². The number of benzene rings is 1. The fourth-order valence-electron chi connectivity index (χ4n) is 1.24. The summed E-state index contributed by atoms with van der Waals surface area (Å²) in [4.78, 5) is 0. The molecule has 1 aromatic carbocycles. The van der Waals surface area contributed by atoms with E-state index in [9.17, 15) is 0 Å². The van der Waals surface area contributed by atoms with Gasteiger partial charge in [0, 0.05) is 18.2 Å². The Morgan fingerprint density at radius 2 is 1.93 bits per heavy atom. The molecule has 0 aliphatic heterocycles. The lowest BCUT2D eigenvalue weighted by molar-refractivity contribution is 0.313. The van der Waals surface area contributed by atoms with Crippen LogP contribution in [0.5, 0.6) is 5.75 Å². The summed E-state index contributed by atoms with van der Waals surface area (Å²) < 4.78 is 5.59. The second kappa shape index (κ2) is 6.21. The minimum atomic E-state index is 0.530. The molecule has 0 unspecified atom stereocenters. The van der Waals surface area contributed by atoms with Gasteiger partial charge in [0.25, 0.3) is 0 Å². The van der Waals surface area contributed by atoms with E-state index in [-0.39, 0.29) is 0 Å². The molecule has 1 aromatic rings. The molecule has 4 heteroatoms. The standard InChI is InChI=1S/C11H15Cl2NO/c1-3-4-15-11-6-10(13)9(12)5-8(11)7-14-2/h5-6,14H,3-4,7H2,1-2H3. The maximum Gasteiger partial charge on any atom is 0.125 e. The van der Waals surface area contributed by atoms with Crippen LogP contribution in [0.4, 0.5) is 0 Å². The Morgan fingerprint density at radius 1 is 1.27 bits per heavy atom. The van der Waals surface area contributed by atoms with Crippen LogP contribution >= 0.6 is 23.2 Å². The summed E-state index contributed by atoms with van der Waals surface area (Å²) in [5, 5.41) is 4.16. The van der Waals surface area contributed by atoms with Gasteiger partial charge in [-0.15, -0.1) is 0 Å². The molecule has 0 radical (unpaired) electrons. The van der Waals surface area contributed by atoms with E-state index in [0.717, 1.165) is 24.3 Å². The van der Waals surface area contributed by atoms with Crippen LogP contribution in [0.15, 0.2) is 12.1 Å². The molecule has 0 spiro atoms. The number of ether oxygens (including phenoxy) is 1. The van der Waals surface area contributed by atoms with Gasteiger partial charge in [-0.3, -0.25) is 0 Å². The van der Waals surface area contributed by atoms with Gasteiger partial charge in [0.1, 0.15) is 5.75 Å². The lowest BCUT2D eigenvalue weighted by Gasteiger charge is -2.12. The van der Waals surface area contributed by atoms with Crippen LogP contribution in [-0.2, 0) is 6.54 Å². The Balaban J connectivity index is 2.93. The van der Waals surface area contributed by atoms with Crippen LogP contribution in [-0.4, -0.2) is 13.7 Å². The first-order valence-corrected chi connectivity index (χ1v) is 5.70. The lowest BCUT2D eigenvalue weighted by Crippen LogP contribution is -2.08.